The molecule has 2 aliphatic rings. The van der Waals surface area contributed by atoms with Crippen molar-refractivity contribution in [1.82, 2.24) is 9.80 Å². The molecule has 136 valence electrons. The second-order valence-corrected chi connectivity index (χ2v) is 7.21. The molecule has 0 aromatic heterocycles. The summed E-state index contributed by atoms with van der Waals surface area (Å²) in [5.41, 5.74) is 7.19. The molecule has 1 aromatic carbocycles. The molecule has 2 saturated heterocycles. The van der Waals surface area contributed by atoms with Crippen molar-refractivity contribution in [2.24, 2.45) is 5.73 Å². The Morgan fingerprint density at radius 3 is 2.40 bits per heavy atom. The third-order valence-electron chi connectivity index (χ3n) is 4.94. The third-order valence-corrected chi connectivity index (χ3v) is 4.94. The summed E-state index contributed by atoms with van der Waals surface area (Å²) in [5.74, 6) is -0.528. The number of benzene rings is 1. The van der Waals surface area contributed by atoms with E-state index < -0.39 is 11.9 Å². The fourth-order valence-corrected chi connectivity index (χ4v) is 3.90. The van der Waals surface area contributed by atoms with Crippen molar-refractivity contribution < 1.29 is 14.3 Å². The van der Waals surface area contributed by atoms with E-state index in [4.69, 9.17) is 10.5 Å². The van der Waals surface area contributed by atoms with Gasteiger partial charge in [0.2, 0.25) is 5.91 Å². The maximum absolute atomic E-state index is 12.6. The van der Waals surface area contributed by atoms with E-state index in [0.717, 1.165) is 26.1 Å². The highest BCUT2D eigenvalue weighted by molar-refractivity contribution is 5.97. The Kier molecular flexibility index (Phi) is 5.39. The monoisotopic (exact) mass is 345 g/mol. The molecule has 0 saturated carbocycles. The molecule has 6 nitrogen and oxygen atoms in total. The van der Waals surface area contributed by atoms with Crippen LogP contribution in [0.25, 0.3) is 0 Å². The van der Waals surface area contributed by atoms with Gasteiger partial charge in [-0.1, -0.05) is 12.1 Å². The van der Waals surface area contributed by atoms with Gasteiger partial charge >= 0.3 is 0 Å². The number of primary amides is 1. The van der Waals surface area contributed by atoms with E-state index in [-0.39, 0.29) is 18.1 Å². The first-order chi connectivity index (χ1) is 11.9. The molecular weight excluding hydrogens is 318 g/mol. The highest BCUT2D eigenvalue weighted by atomic mass is 16.5. The second kappa shape index (κ2) is 7.54. The van der Waals surface area contributed by atoms with Crippen LogP contribution in [-0.4, -0.2) is 59.5 Å². The summed E-state index contributed by atoms with van der Waals surface area (Å²) in [6.45, 7) is 7.46. The second-order valence-electron chi connectivity index (χ2n) is 7.21. The lowest BCUT2D eigenvalue weighted by Gasteiger charge is -2.35. The highest BCUT2D eigenvalue weighted by Crippen LogP contribution is 2.21. The molecule has 25 heavy (non-hydrogen) atoms. The van der Waals surface area contributed by atoms with Crippen LogP contribution in [0.3, 0.4) is 0 Å². The zero-order chi connectivity index (χ0) is 18.0. The minimum absolute atomic E-state index is 0.110. The van der Waals surface area contributed by atoms with Crippen LogP contribution in [0.1, 0.15) is 42.6 Å². The lowest BCUT2D eigenvalue weighted by atomic mass is 10.1. The predicted octanol–water partition coefficient (Wildman–Crippen LogP) is 1.39. The van der Waals surface area contributed by atoms with Gasteiger partial charge in [0.05, 0.1) is 12.2 Å². The molecule has 0 bridgehead atoms. The SMILES string of the molecule is CC1CN(Cc2ccc(C(=O)N3CCCC3C(N)=O)cc2)CC(C)O1. The van der Waals surface area contributed by atoms with Crippen LogP contribution in [-0.2, 0) is 16.1 Å². The molecule has 6 heteroatoms. The molecule has 2 amide bonds. The van der Waals surface area contributed by atoms with Gasteiger partial charge in [-0.3, -0.25) is 14.5 Å². The molecule has 2 fully saturated rings. The van der Waals surface area contributed by atoms with E-state index in [1.807, 2.05) is 24.3 Å². The smallest absolute Gasteiger partial charge is 0.254 e. The minimum atomic E-state index is -0.469. The first-order valence-electron chi connectivity index (χ1n) is 9.01. The molecule has 1 aromatic rings. The number of hydrogen-bond donors (Lipinski definition) is 1. The number of nitrogens with zero attached hydrogens (tertiary/aromatic N) is 2. The summed E-state index contributed by atoms with van der Waals surface area (Å²) in [4.78, 5) is 28.1. The fourth-order valence-electron chi connectivity index (χ4n) is 3.90. The number of amides is 2. The molecule has 0 aliphatic carbocycles. The normalized spacial score (nSPS) is 27.4. The Morgan fingerprint density at radius 2 is 1.80 bits per heavy atom. The van der Waals surface area contributed by atoms with Crippen molar-refractivity contribution in [2.75, 3.05) is 19.6 Å². The molecule has 0 spiro atoms. The first-order valence-corrected chi connectivity index (χ1v) is 9.01. The molecule has 3 atom stereocenters. The molecular formula is C19H27N3O3. The maximum atomic E-state index is 12.6. The maximum Gasteiger partial charge on any atom is 0.254 e. The Labute approximate surface area is 148 Å². The van der Waals surface area contributed by atoms with E-state index in [1.54, 1.807) is 4.90 Å². The van der Waals surface area contributed by atoms with Gasteiger partial charge in [0.1, 0.15) is 6.04 Å². The van der Waals surface area contributed by atoms with E-state index in [9.17, 15) is 9.59 Å². The summed E-state index contributed by atoms with van der Waals surface area (Å²) >= 11 is 0. The lowest BCUT2D eigenvalue weighted by Crippen LogP contribution is -2.44. The fraction of sp³-hybridized carbons (Fsp3) is 0.579. The number of hydrogen-bond acceptors (Lipinski definition) is 4. The van der Waals surface area contributed by atoms with Crippen molar-refractivity contribution in [3.63, 3.8) is 0 Å². The molecule has 2 aliphatic heterocycles. The van der Waals surface area contributed by atoms with Crippen LogP contribution in [0, 0.1) is 0 Å². The molecule has 2 heterocycles. The minimum Gasteiger partial charge on any atom is -0.373 e. The summed E-state index contributed by atoms with van der Waals surface area (Å²) < 4.78 is 5.76. The van der Waals surface area contributed by atoms with Gasteiger partial charge < -0.3 is 15.4 Å². The van der Waals surface area contributed by atoms with Gasteiger partial charge in [-0.15, -0.1) is 0 Å². The van der Waals surface area contributed by atoms with E-state index >= 15 is 0 Å². The summed E-state index contributed by atoms with van der Waals surface area (Å²) in [5, 5.41) is 0. The number of carbonyl (C=O) groups excluding carboxylic acids is 2. The lowest BCUT2D eigenvalue weighted by molar-refractivity contribution is -0.121. The Bertz CT molecular complexity index is 621. The Hall–Kier alpha value is -1.92. The zero-order valence-electron chi connectivity index (χ0n) is 15.0. The van der Waals surface area contributed by atoms with Crippen LogP contribution in [0.2, 0.25) is 0 Å². The van der Waals surface area contributed by atoms with Gasteiger partial charge in [-0.2, -0.15) is 0 Å². The van der Waals surface area contributed by atoms with Crippen molar-refractivity contribution in [3.8, 4) is 0 Å². The van der Waals surface area contributed by atoms with Crippen molar-refractivity contribution in [2.45, 2.75) is 51.5 Å². The summed E-state index contributed by atoms with van der Waals surface area (Å²) in [6.07, 6.45) is 1.97. The van der Waals surface area contributed by atoms with Crippen LogP contribution in [0.4, 0.5) is 0 Å². The highest BCUT2D eigenvalue weighted by Gasteiger charge is 2.33. The molecule has 2 N–H and O–H groups in total. The van der Waals surface area contributed by atoms with Gasteiger partial charge in [-0.05, 0) is 44.4 Å². The van der Waals surface area contributed by atoms with Gasteiger partial charge in [-0.25, -0.2) is 0 Å². The number of rotatable bonds is 4. The largest absolute Gasteiger partial charge is 0.373 e. The average Bonchev–Trinajstić information content (AvgIpc) is 3.04. The van der Waals surface area contributed by atoms with Crippen LogP contribution < -0.4 is 5.73 Å². The van der Waals surface area contributed by atoms with Crippen LogP contribution in [0.5, 0.6) is 0 Å². The van der Waals surface area contributed by atoms with Crippen LogP contribution >= 0.6 is 0 Å². The first kappa shape index (κ1) is 17.9. The number of carbonyl (C=O) groups is 2. The molecule has 3 unspecified atom stereocenters. The summed E-state index contributed by atoms with van der Waals surface area (Å²) in [7, 11) is 0. The third kappa shape index (κ3) is 4.19. The number of ether oxygens (including phenoxy) is 1. The van der Waals surface area contributed by atoms with E-state index in [0.29, 0.717) is 18.5 Å². The number of nitrogens with two attached hydrogens (primary N) is 1. The Balaban J connectivity index is 1.64. The van der Waals surface area contributed by atoms with Crippen molar-refractivity contribution in [3.05, 3.63) is 35.4 Å². The van der Waals surface area contributed by atoms with Crippen molar-refractivity contribution >= 4 is 11.8 Å². The summed E-state index contributed by atoms with van der Waals surface area (Å²) in [6, 6.07) is 7.21. The predicted molar refractivity (Wildman–Crippen MR) is 95.0 cm³/mol. The van der Waals surface area contributed by atoms with Gasteiger partial charge in [0.15, 0.2) is 0 Å². The Morgan fingerprint density at radius 1 is 1.16 bits per heavy atom. The average molecular weight is 345 g/mol. The topological polar surface area (TPSA) is 75.9 Å². The quantitative estimate of drug-likeness (QED) is 0.895. The number of morpholine rings is 1. The van der Waals surface area contributed by atoms with E-state index in [1.165, 1.54) is 5.56 Å². The van der Waals surface area contributed by atoms with E-state index in [2.05, 4.69) is 18.7 Å². The van der Waals surface area contributed by atoms with Gasteiger partial charge in [0, 0.05) is 31.7 Å². The van der Waals surface area contributed by atoms with Gasteiger partial charge in [0.25, 0.3) is 5.91 Å². The van der Waals surface area contributed by atoms with Crippen LogP contribution in [0.15, 0.2) is 24.3 Å². The molecule has 0 radical (unpaired) electrons. The van der Waals surface area contributed by atoms with Crippen molar-refractivity contribution in [1.29, 1.82) is 0 Å². The molecule has 3 rings (SSSR count). The standard InChI is InChI=1S/C19H27N3O3/c1-13-10-21(11-14(2)25-13)12-15-5-7-16(8-6-15)19(24)22-9-3-4-17(22)18(20)23/h5-8,13-14,17H,3-4,9-12H2,1-2H3,(H2,20,23). The zero-order valence-corrected chi connectivity index (χ0v) is 15.0. The number of likely N-dealkylation sites (tertiary alicyclic amines) is 1.